The third-order valence-electron chi connectivity index (χ3n) is 3.13. The molecular weight excluding hydrogens is 266 g/mol. The third kappa shape index (κ3) is 4.05. The second-order valence-electron chi connectivity index (χ2n) is 4.61. The molecule has 106 valence electrons. The predicted octanol–water partition coefficient (Wildman–Crippen LogP) is 3.51. The van der Waals surface area contributed by atoms with Crippen molar-refractivity contribution in [1.82, 2.24) is 0 Å². The van der Waals surface area contributed by atoms with Gasteiger partial charge in [0.25, 0.3) is 5.69 Å². The Bertz CT molecular complexity index is 663. The van der Waals surface area contributed by atoms with E-state index in [-0.39, 0.29) is 5.69 Å². The van der Waals surface area contributed by atoms with Gasteiger partial charge in [0.05, 0.1) is 16.2 Å². The second-order valence-corrected chi connectivity index (χ2v) is 4.61. The Hall–Kier alpha value is -2.87. The zero-order valence-corrected chi connectivity index (χ0v) is 11.5. The lowest BCUT2D eigenvalue weighted by Gasteiger charge is -2.08. The van der Waals surface area contributed by atoms with E-state index in [1.807, 2.05) is 24.3 Å². The number of rotatable bonds is 6. The van der Waals surface area contributed by atoms with Crippen LogP contribution in [0.25, 0.3) is 0 Å². The fourth-order valence-corrected chi connectivity index (χ4v) is 2.05. The molecule has 21 heavy (non-hydrogen) atoms. The largest absolute Gasteiger partial charge is 0.384 e. The fourth-order valence-electron chi connectivity index (χ4n) is 2.05. The van der Waals surface area contributed by atoms with Gasteiger partial charge < -0.3 is 5.32 Å². The van der Waals surface area contributed by atoms with Gasteiger partial charge in [0, 0.05) is 18.7 Å². The number of nitro benzene ring substituents is 1. The highest BCUT2D eigenvalue weighted by Crippen LogP contribution is 2.21. The van der Waals surface area contributed by atoms with Crippen LogP contribution in [-0.4, -0.2) is 11.5 Å². The van der Waals surface area contributed by atoms with E-state index >= 15 is 0 Å². The average molecular weight is 281 g/mol. The highest BCUT2D eigenvalue weighted by Gasteiger charge is 2.10. The van der Waals surface area contributed by atoms with Crippen molar-refractivity contribution in [2.75, 3.05) is 11.9 Å². The minimum Gasteiger partial charge on any atom is -0.384 e. The summed E-state index contributed by atoms with van der Waals surface area (Å²) in [4.78, 5) is 10.2. The van der Waals surface area contributed by atoms with Crippen LogP contribution in [0.2, 0.25) is 0 Å². The summed E-state index contributed by atoms with van der Waals surface area (Å²) in [6, 6.07) is 16.4. The molecule has 2 aromatic rings. The summed E-state index contributed by atoms with van der Waals surface area (Å²) in [6.45, 7) is 0.710. The van der Waals surface area contributed by atoms with Crippen LogP contribution in [0, 0.1) is 21.4 Å². The monoisotopic (exact) mass is 281 g/mol. The SMILES string of the molecule is N#Cc1cc([N+](=O)[O-])ccc1NCCCc1ccccc1. The Morgan fingerprint density at radius 2 is 1.95 bits per heavy atom. The first-order valence-corrected chi connectivity index (χ1v) is 6.67. The van der Waals surface area contributed by atoms with E-state index in [1.165, 1.54) is 17.7 Å². The number of nitriles is 1. The molecule has 0 radical (unpaired) electrons. The second kappa shape index (κ2) is 7.06. The van der Waals surface area contributed by atoms with Gasteiger partial charge in [0.1, 0.15) is 6.07 Å². The molecular formula is C16H15N3O2. The zero-order valence-electron chi connectivity index (χ0n) is 11.5. The van der Waals surface area contributed by atoms with E-state index < -0.39 is 4.92 Å². The lowest BCUT2D eigenvalue weighted by atomic mass is 10.1. The molecule has 0 aliphatic rings. The Morgan fingerprint density at radius 3 is 2.62 bits per heavy atom. The molecule has 0 saturated heterocycles. The number of nitro groups is 1. The molecule has 0 unspecified atom stereocenters. The van der Waals surface area contributed by atoms with Crippen molar-refractivity contribution in [3.63, 3.8) is 0 Å². The van der Waals surface area contributed by atoms with Crippen LogP contribution in [0.5, 0.6) is 0 Å². The van der Waals surface area contributed by atoms with E-state index in [1.54, 1.807) is 6.07 Å². The molecule has 0 aromatic heterocycles. The maximum absolute atomic E-state index is 10.7. The molecule has 0 bridgehead atoms. The van der Waals surface area contributed by atoms with Crippen molar-refractivity contribution in [1.29, 1.82) is 5.26 Å². The Kier molecular flexibility index (Phi) is 4.89. The van der Waals surface area contributed by atoms with Crippen LogP contribution < -0.4 is 5.32 Å². The lowest BCUT2D eigenvalue weighted by molar-refractivity contribution is -0.384. The number of aryl methyl sites for hydroxylation is 1. The van der Waals surface area contributed by atoms with E-state index in [2.05, 4.69) is 17.4 Å². The van der Waals surface area contributed by atoms with Crippen LogP contribution in [0.15, 0.2) is 48.5 Å². The minimum absolute atomic E-state index is 0.0682. The molecule has 5 heteroatoms. The van der Waals surface area contributed by atoms with Crippen LogP contribution in [0.1, 0.15) is 17.5 Å². The summed E-state index contributed by atoms with van der Waals surface area (Å²) >= 11 is 0. The molecule has 1 N–H and O–H groups in total. The summed E-state index contributed by atoms with van der Waals surface area (Å²) in [5, 5.41) is 22.9. The minimum atomic E-state index is -0.500. The highest BCUT2D eigenvalue weighted by molar-refractivity contribution is 5.61. The first kappa shape index (κ1) is 14.5. The molecule has 0 fully saturated rings. The summed E-state index contributed by atoms with van der Waals surface area (Å²) in [7, 11) is 0. The number of non-ortho nitro benzene ring substituents is 1. The fraction of sp³-hybridized carbons (Fsp3) is 0.188. The number of anilines is 1. The summed E-state index contributed by atoms with van der Waals surface area (Å²) < 4.78 is 0. The molecule has 0 aliphatic carbocycles. The van der Waals surface area contributed by atoms with E-state index in [9.17, 15) is 10.1 Å². The predicted molar refractivity (Wildman–Crippen MR) is 81.1 cm³/mol. The molecule has 2 aromatic carbocycles. The van der Waals surface area contributed by atoms with Gasteiger partial charge in [0.2, 0.25) is 0 Å². The molecule has 5 nitrogen and oxygen atoms in total. The van der Waals surface area contributed by atoms with E-state index in [0.717, 1.165) is 12.8 Å². The third-order valence-corrected chi connectivity index (χ3v) is 3.13. The number of nitrogens with zero attached hydrogens (tertiary/aromatic N) is 2. The van der Waals surface area contributed by atoms with Gasteiger partial charge in [0.15, 0.2) is 0 Å². The van der Waals surface area contributed by atoms with Crippen LogP contribution in [0.3, 0.4) is 0 Å². The quantitative estimate of drug-likeness (QED) is 0.499. The normalized spacial score (nSPS) is 9.86. The van der Waals surface area contributed by atoms with Crippen molar-refractivity contribution >= 4 is 11.4 Å². The van der Waals surface area contributed by atoms with Gasteiger partial charge in [-0.1, -0.05) is 30.3 Å². The van der Waals surface area contributed by atoms with Crippen LogP contribution in [0.4, 0.5) is 11.4 Å². The maximum Gasteiger partial charge on any atom is 0.270 e. The van der Waals surface area contributed by atoms with Crippen LogP contribution in [-0.2, 0) is 6.42 Å². The Labute approximate surface area is 123 Å². The standard InChI is InChI=1S/C16H15N3O2/c17-12-14-11-15(19(20)21)8-9-16(14)18-10-4-7-13-5-2-1-3-6-13/h1-3,5-6,8-9,11,18H,4,7,10H2. The Morgan fingerprint density at radius 1 is 1.19 bits per heavy atom. The molecule has 0 atom stereocenters. The smallest absolute Gasteiger partial charge is 0.270 e. The van der Waals surface area contributed by atoms with E-state index in [0.29, 0.717) is 17.8 Å². The van der Waals surface area contributed by atoms with Gasteiger partial charge in [-0.2, -0.15) is 5.26 Å². The van der Waals surface area contributed by atoms with Gasteiger partial charge in [-0.3, -0.25) is 10.1 Å². The van der Waals surface area contributed by atoms with Crippen molar-refractivity contribution in [3.05, 3.63) is 69.8 Å². The number of benzene rings is 2. The molecule has 0 heterocycles. The average Bonchev–Trinajstić information content (AvgIpc) is 2.52. The van der Waals surface area contributed by atoms with Crippen molar-refractivity contribution in [3.8, 4) is 6.07 Å². The van der Waals surface area contributed by atoms with Crippen molar-refractivity contribution < 1.29 is 4.92 Å². The molecule has 2 rings (SSSR count). The summed E-state index contributed by atoms with van der Waals surface area (Å²) in [5.41, 5.74) is 2.13. The van der Waals surface area contributed by atoms with Gasteiger partial charge >= 0.3 is 0 Å². The topological polar surface area (TPSA) is 79.0 Å². The zero-order chi connectivity index (χ0) is 15.1. The number of hydrogen-bond acceptors (Lipinski definition) is 4. The van der Waals surface area contributed by atoms with Crippen molar-refractivity contribution in [2.45, 2.75) is 12.8 Å². The van der Waals surface area contributed by atoms with Gasteiger partial charge in [-0.15, -0.1) is 0 Å². The maximum atomic E-state index is 10.7. The molecule has 0 amide bonds. The summed E-state index contributed by atoms with van der Waals surface area (Å²) in [6.07, 6.45) is 1.87. The highest BCUT2D eigenvalue weighted by atomic mass is 16.6. The van der Waals surface area contributed by atoms with Crippen molar-refractivity contribution in [2.24, 2.45) is 0 Å². The lowest BCUT2D eigenvalue weighted by Crippen LogP contribution is -2.05. The number of nitrogens with one attached hydrogen (secondary N) is 1. The Balaban J connectivity index is 1.91. The first-order chi connectivity index (χ1) is 10.2. The molecule has 0 aliphatic heterocycles. The number of hydrogen-bond donors (Lipinski definition) is 1. The van der Waals surface area contributed by atoms with E-state index in [4.69, 9.17) is 5.26 Å². The van der Waals surface area contributed by atoms with Gasteiger partial charge in [-0.05, 0) is 24.5 Å². The summed E-state index contributed by atoms with van der Waals surface area (Å²) in [5.74, 6) is 0. The van der Waals surface area contributed by atoms with Crippen LogP contribution >= 0.6 is 0 Å². The first-order valence-electron chi connectivity index (χ1n) is 6.67. The molecule has 0 spiro atoms. The van der Waals surface area contributed by atoms with Gasteiger partial charge in [-0.25, -0.2) is 0 Å². The molecule has 0 saturated carbocycles.